The molecule has 2 aromatic carbocycles. The Morgan fingerprint density at radius 2 is 2.00 bits per heavy atom. The first-order chi connectivity index (χ1) is 8.60. The summed E-state index contributed by atoms with van der Waals surface area (Å²) in [6, 6.07) is 11.8. The fourth-order valence-electron chi connectivity index (χ4n) is 1.97. The van der Waals surface area contributed by atoms with Crippen LogP contribution in [0.4, 0.5) is 5.69 Å². The summed E-state index contributed by atoms with van der Waals surface area (Å²) in [5.74, 6) is 0.713. The van der Waals surface area contributed by atoms with E-state index in [1.165, 1.54) is 16.7 Å². The van der Waals surface area contributed by atoms with E-state index in [-0.39, 0.29) is 0 Å². The zero-order chi connectivity index (χ0) is 13.1. The summed E-state index contributed by atoms with van der Waals surface area (Å²) in [6.07, 6.45) is 0.820. The van der Waals surface area contributed by atoms with Crippen molar-refractivity contribution in [3.8, 4) is 5.75 Å². The fourth-order valence-corrected chi connectivity index (χ4v) is 2.23. The first-order valence-corrected chi connectivity index (χ1v) is 6.15. The fraction of sp³-hybridized carbons (Fsp3) is 0.200. The molecule has 0 saturated carbocycles. The number of hydrogen-bond donors (Lipinski definition) is 1. The Labute approximate surface area is 112 Å². The van der Waals surface area contributed by atoms with Gasteiger partial charge < -0.3 is 10.5 Å². The second-order valence-corrected chi connectivity index (χ2v) is 4.74. The van der Waals surface area contributed by atoms with Gasteiger partial charge in [0.2, 0.25) is 0 Å². The van der Waals surface area contributed by atoms with Gasteiger partial charge in [0.15, 0.2) is 0 Å². The van der Waals surface area contributed by atoms with Crippen molar-refractivity contribution in [1.82, 2.24) is 0 Å². The maximum atomic E-state index is 6.15. The molecule has 0 fully saturated rings. The molecule has 3 heteroatoms. The maximum Gasteiger partial charge on any atom is 0.137 e. The molecule has 0 aliphatic heterocycles. The molecule has 0 heterocycles. The van der Waals surface area contributed by atoms with E-state index in [2.05, 4.69) is 13.0 Å². The number of anilines is 1. The molecule has 2 nitrogen and oxygen atoms in total. The molecule has 0 radical (unpaired) electrons. The molecule has 0 aliphatic rings. The average molecular weight is 262 g/mol. The van der Waals surface area contributed by atoms with Gasteiger partial charge >= 0.3 is 0 Å². The largest absolute Gasteiger partial charge is 0.495 e. The van der Waals surface area contributed by atoms with Gasteiger partial charge in [0, 0.05) is 5.69 Å². The van der Waals surface area contributed by atoms with Crippen molar-refractivity contribution in [2.24, 2.45) is 0 Å². The highest BCUT2D eigenvalue weighted by atomic mass is 35.5. The van der Waals surface area contributed by atoms with Crippen molar-refractivity contribution in [2.75, 3.05) is 12.8 Å². The molecule has 0 bridgehead atoms. The van der Waals surface area contributed by atoms with E-state index in [0.29, 0.717) is 10.8 Å². The summed E-state index contributed by atoms with van der Waals surface area (Å²) >= 11 is 6.15. The van der Waals surface area contributed by atoms with Crippen LogP contribution in [0.1, 0.15) is 16.7 Å². The minimum Gasteiger partial charge on any atom is -0.495 e. The van der Waals surface area contributed by atoms with Crippen molar-refractivity contribution in [1.29, 1.82) is 0 Å². The van der Waals surface area contributed by atoms with E-state index in [4.69, 9.17) is 22.1 Å². The van der Waals surface area contributed by atoms with Crippen LogP contribution in [0, 0.1) is 6.92 Å². The molecule has 2 aromatic rings. The van der Waals surface area contributed by atoms with E-state index in [1.807, 2.05) is 30.3 Å². The van der Waals surface area contributed by atoms with Crippen LogP contribution in [0.15, 0.2) is 36.4 Å². The van der Waals surface area contributed by atoms with Crippen LogP contribution in [0.25, 0.3) is 0 Å². The lowest BCUT2D eigenvalue weighted by Crippen LogP contribution is -1.95. The maximum absolute atomic E-state index is 6.15. The summed E-state index contributed by atoms with van der Waals surface area (Å²) in [6.45, 7) is 2.06. The molecule has 2 N–H and O–H groups in total. The van der Waals surface area contributed by atoms with Gasteiger partial charge in [-0.25, -0.2) is 0 Å². The SMILES string of the molecule is COc1cc(C)c(Cc2cccc(N)c2)cc1Cl. The van der Waals surface area contributed by atoms with Crippen molar-refractivity contribution >= 4 is 17.3 Å². The topological polar surface area (TPSA) is 35.2 Å². The molecule has 2 rings (SSSR count). The second kappa shape index (κ2) is 5.32. The molecule has 94 valence electrons. The van der Waals surface area contributed by atoms with Crippen molar-refractivity contribution in [2.45, 2.75) is 13.3 Å². The number of ether oxygens (including phenoxy) is 1. The summed E-state index contributed by atoms with van der Waals surface area (Å²) in [5, 5.41) is 0.641. The molecule has 0 amide bonds. The van der Waals surface area contributed by atoms with Gasteiger partial charge in [-0.3, -0.25) is 0 Å². The van der Waals surface area contributed by atoms with Gasteiger partial charge in [0.05, 0.1) is 12.1 Å². The molecule has 0 saturated heterocycles. The quantitative estimate of drug-likeness (QED) is 0.853. The van der Waals surface area contributed by atoms with Crippen molar-refractivity contribution in [3.05, 3.63) is 58.1 Å². The van der Waals surface area contributed by atoms with Crippen molar-refractivity contribution in [3.63, 3.8) is 0 Å². The number of rotatable bonds is 3. The van der Waals surface area contributed by atoms with Crippen LogP contribution in [-0.4, -0.2) is 7.11 Å². The predicted octanol–water partition coefficient (Wildman–Crippen LogP) is 3.83. The lowest BCUT2D eigenvalue weighted by Gasteiger charge is -2.10. The Balaban J connectivity index is 2.32. The van der Waals surface area contributed by atoms with Crippen LogP contribution >= 0.6 is 11.6 Å². The summed E-state index contributed by atoms with van der Waals surface area (Å²) in [4.78, 5) is 0. The number of benzene rings is 2. The molecule has 0 unspecified atom stereocenters. The smallest absolute Gasteiger partial charge is 0.137 e. The zero-order valence-corrected chi connectivity index (χ0v) is 11.3. The molecule has 18 heavy (non-hydrogen) atoms. The van der Waals surface area contributed by atoms with Gasteiger partial charge in [-0.2, -0.15) is 0 Å². The molecule has 0 atom stereocenters. The standard InChI is InChI=1S/C15H16ClNO/c1-10-6-15(18-2)14(16)9-12(10)7-11-4-3-5-13(17)8-11/h3-6,8-9H,7,17H2,1-2H3. The lowest BCUT2D eigenvalue weighted by molar-refractivity contribution is 0.414. The van der Waals surface area contributed by atoms with Crippen LogP contribution in [-0.2, 0) is 6.42 Å². The Morgan fingerprint density at radius 1 is 1.22 bits per heavy atom. The van der Waals surface area contributed by atoms with E-state index in [9.17, 15) is 0 Å². The first-order valence-electron chi connectivity index (χ1n) is 5.77. The third-order valence-corrected chi connectivity index (χ3v) is 3.25. The predicted molar refractivity (Wildman–Crippen MR) is 76.4 cm³/mol. The first kappa shape index (κ1) is 12.8. The minimum absolute atomic E-state index is 0.641. The van der Waals surface area contributed by atoms with Gasteiger partial charge in [-0.05, 0) is 54.3 Å². The van der Waals surface area contributed by atoms with Crippen LogP contribution in [0.5, 0.6) is 5.75 Å². The number of halogens is 1. The molecule has 0 aromatic heterocycles. The Hall–Kier alpha value is -1.67. The third kappa shape index (κ3) is 2.77. The lowest BCUT2D eigenvalue weighted by atomic mass is 10.00. The molecule has 0 aliphatic carbocycles. The van der Waals surface area contributed by atoms with E-state index >= 15 is 0 Å². The van der Waals surface area contributed by atoms with E-state index in [1.54, 1.807) is 7.11 Å². The number of hydrogen-bond acceptors (Lipinski definition) is 2. The second-order valence-electron chi connectivity index (χ2n) is 4.34. The molecular weight excluding hydrogens is 246 g/mol. The number of nitrogen functional groups attached to an aromatic ring is 1. The Kier molecular flexibility index (Phi) is 3.78. The Morgan fingerprint density at radius 3 is 2.67 bits per heavy atom. The van der Waals surface area contributed by atoms with E-state index in [0.717, 1.165) is 12.1 Å². The molecular formula is C15H16ClNO. The Bertz CT molecular complexity index is 566. The monoisotopic (exact) mass is 261 g/mol. The number of methoxy groups -OCH3 is 1. The van der Waals surface area contributed by atoms with Crippen LogP contribution < -0.4 is 10.5 Å². The van der Waals surface area contributed by atoms with Crippen LogP contribution in [0.2, 0.25) is 5.02 Å². The van der Waals surface area contributed by atoms with Crippen LogP contribution in [0.3, 0.4) is 0 Å². The van der Waals surface area contributed by atoms with Gasteiger partial charge in [0.1, 0.15) is 5.75 Å². The average Bonchev–Trinajstić information content (AvgIpc) is 2.33. The highest BCUT2D eigenvalue weighted by molar-refractivity contribution is 6.32. The summed E-state index contributed by atoms with van der Waals surface area (Å²) in [7, 11) is 1.62. The highest BCUT2D eigenvalue weighted by Gasteiger charge is 2.07. The number of nitrogens with two attached hydrogens (primary N) is 1. The molecule has 0 spiro atoms. The zero-order valence-electron chi connectivity index (χ0n) is 10.5. The van der Waals surface area contributed by atoms with Gasteiger partial charge in [-0.15, -0.1) is 0 Å². The van der Waals surface area contributed by atoms with Crippen molar-refractivity contribution < 1.29 is 4.74 Å². The third-order valence-electron chi connectivity index (χ3n) is 2.96. The summed E-state index contributed by atoms with van der Waals surface area (Å²) in [5.41, 5.74) is 10.1. The summed E-state index contributed by atoms with van der Waals surface area (Å²) < 4.78 is 5.20. The van der Waals surface area contributed by atoms with E-state index < -0.39 is 0 Å². The van der Waals surface area contributed by atoms with Gasteiger partial charge in [-0.1, -0.05) is 23.7 Å². The normalized spacial score (nSPS) is 10.4. The van der Waals surface area contributed by atoms with Gasteiger partial charge in [0.25, 0.3) is 0 Å². The number of aryl methyl sites for hydroxylation is 1. The highest BCUT2D eigenvalue weighted by Crippen LogP contribution is 2.29. The minimum atomic E-state index is 0.641.